The van der Waals surface area contributed by atoms with Gasteiger partial charge in [0.1, 0.15) is 30.5 Å². The third-order valence-electron chi connectivity index (χ3n) is 7.34. The second-order valence-corrected chi connectivity index (χ2v) is 13.2. The highest BCUT2D eigenvalue weighted by Crippen LogP contribution is 2.25. The number of ether oxygens (including phenoxy) is 2. The number of hydrogen-bond acceptors (Lipinski definition) is 10. The number of benzene rings is 1. The van der Waals surface area contributed by atoms with Crippen molar-refractivity contribution in [2.45, 2.75) is 55.4 Å². The number of terminal acetylenes is 2. The molecule has 12 heteroatoms. The van der Waals surface area contributed by atoms with Gasteiger partial charge in [-0.2, -0.15) is 0 Å². The number of rotatable bonds is 12. The van der Waals surface area contributed by atoms with Crippen LogP contribution < -0.4 is 10.6 Å². The molecule has 1 aromatic rings. The Morgan fingerprint density at radius 1 is 0.586 bits per heavy atom. The Hall–Kier alpha value is -10.1. The van der Waals surface area contributed by atoms with E-state index in [1.807, 2.05) is 0 Å². The predicted molar refractivity (Wildman–Crippen MR) is 263 cm³/mol. The maximum Gasteiger partial charge on any atom is 0.234 e. The fourth-order valence-electron chi connectivity index (χ4n) is 4.39. The third-order valence-corrected chi connectivity index (χ3v) is 8.37. The highest BCUT2D eigenvalue weighted by atomic mass is 32.2. The highest BCUT2D eigenvalue weighted by molar-refractivity contribution is 8.00. The topological polar surface area (TPSA) is 178 Å². The smallest absolute Gasteiger partial charge is 0.234 e. The molecule has 7 N–H and O–H groups in total. The molecule has 1 aromatic carbocycles. The summed E-state index contributed by atoms with van der Waals surface area (Å²) in [6, 6.07) is 7.33. The van der Waals surface area contributed by atoms with E-state index < -0.39 is 67.9 Å². The standard InChI is InChI=1S/C58H30N2O9S/c1-3-5-7-9-11-13-15-17-18-19-20-21-22-23-24-25-26-27-29-31-33-35-40-44-52(62)60-49(54(64)50(61)43-39-34-32-30-28-16-14-12-10-8-6-4-2)45-68-58-57(67)56(66)55(65)51(69-58)46-70-47-53(63)59-48-41-37-36-38-42-48/h1-2,36-38,41-42,49-51,54-58,61,64-67H,44-47H2,(H,59,63)(H,60,62)/t49-,50+,51?,54-,55-,56-,57?,58-/m0/s1. The second kappa shape index (κ2) is 37.1. The minimum atomic E-state index is -1.82. The maximum absolute atomic E-state index is 12.9. The van der Waals surface area contributed by atoms with Crippen LogP contribution in [0.2, 0.25) is 0 Å². The molecule has 1 fully saturated rings. The van der Waals surface area contributed by atoms with Gasteiger partial charge in [0.25, 0.3) is 0 Å². The van der Waals surface area contributed by atoms with Gasteiger partial charge in [-0.1, -0.05) is 30.0 Å². The molecule has 1 aliphatic heterocycles. The zero-order valence-electron chi connectivity index (χ0n) is 36.3. The van der Waals surface area contributed by atoms with Gasteiger partial charge in [-0.25, -0.2) is 0 Å². The van der Waals surface area contributed by atoms with Crippen LogP contribution in [0.4, 0.5) is 5.69 Å². The average molecular weight is 931 g/mol. The van der Waals surface area contributed by atoms with Crippen molar-refractivity contribution in [3.8, 4) is 226 Å². The van der Waals surface area contributed by atoms with Gasteiger partial charge in [0.2, 0.25) is 11.8 Å². The van der Waals surface area contributed by atoms with Crippen LogP contribution in [0.3, 0.4) is 0 Å². The molecule has 0 bridgehead atoms. The Morgan fingerprint density at radius 3 is 1.47 bits per heavy atom. The lowest BCUT2D eigenvalue weighted by atomic mass is 10.00. The lowest BCUT2D eigenvalue weighted by Gasteiger charge is -2.40. The van der Waals surface area contributed by atoms with Gasteiger partial charge in [-0.05, 0) is 178 Å². The summed E-state index contributed by atoms with van der Waals surface area (Å²) < 4.78 is 11.4. The number of carbonyl (C=O) groups is 2. The molecule has 1 aliphatic rings. The van der Waals surface area contributed by atoms with Crippen molar-refractivity contribution in [2.24, 2.45) is 0 Å². The number of nitrogens with one attached hydrogen (secondary N) is 2. The van der Waals surface area contributed by atoms with Crippen molar-refractivity contribution in [1.29, 1.82) is 0 Å². The summed E-state index contributed by atoms with van der Waals surface area (Å²) in [4.78, 5) is 25.3. The Bertz CT molecular complexity index is 3350. The summed E-state index contributed by atoms with van der Waals surface area (Å²) in [5.41, 5.74) is 0.590. The maximum atomic E-state index is 12.9. The lowest BCUT2D eigenvalue weighted by Crippen LogP contribution is -2.60. The molecule has 2 rings (SSSR count). The normalized spacial score (nSPS) is 15.3. The Morgan fingerprint density at radius 2 is 1.01 bits per heavy atom. The monoisotopic (exact) mass is 930 g/mol. The van der Waals surface area contributed by atoms with Gasteiger partial charge in [0.15, 0.2) is 6.29 Å². The molecule has 0 radical (unpaired) electrons. The predicted octanol–water partition coefficient (Wildman–Crippen LogP) is -1.90. The summed E-state index contributed by atoms with van der Waals surface area (Å²) >= 11 is 1.09. The van der Waals surface area contributed by atoms with Crippen molar-refractivity contribution in [3.05, 3.63) is 30.3 Å². The SMILES string of the molecule is C#CC#CC#CC#CC#CC#CC#CC#CC#CC#CC#CC#CCC(=O)N[C@@H](CO[C@H]1OC(CSCC(=O)Nc2ccccc2)[C@H](O)[C@H](O)C1O)[C@H](O)[C@H](O)C#CC#CC#CC#CC#CC#CC#C. The average Bonchev–Trinajstić information content (AvgIpc) is 3.36. The minimum absolute atomic E-state index is 0.000517. The van der Waals surface area contributed by atoms with Crippen LogP contribution >= 0.6 is 11.8 Å². The molecule has 1 heterocycles. The van der Waals surface area contributed by atoms with Crippen LogP contribution in [-0.4, -0.2) is 104 Å². The van der Waals surface area contributed by atoms with Gasteiger partial charge < -0.3 is 45.6 Å². The fraction of sp³-hybridized carbons (Fsp3) is 0.207. The van der Waals surface area contributed by atoms with E-state index in [1.165, 1.54) is 0 Å². The molecule has 2 amide bonds. The third kappa shape index (κ3) is 26.6. The minimum Gasteiger partial charge on any atom is -0.388 e. The zero-order chi connectivity index (χ0) is 50.7. The molecule has 0 spiro atoms. The van der Waals surface area contributed by atoms with Crippen LogP contribution in [0.15, 0.2) is 30.3 Å². The van der Waals surface area contributed by atoms with Gasteiger partial charge in [0, 0.05) is 47.0 Å². The quantitative estimate of drug-likeness (QED) is 0.117. The molecular weight excluding hydrogens is 901 g/mol. The number of hydrogen-bond donors (Lipinski definition) is 7. The Labute approximate surface area is 412 Å². The molecule has 332 valence electrons. The Kier molecular flexibility index (Phi) is 29.7. The van der Waals surface area contributed by atoms with E-state index >= 15 is 0 Å². The summed E-state index contributed by atoms with van der Waals surface area (Å²) in [6.45, 7) is -0.619. The summed E-state index contributed by atoms with van der Waals surface area (Å²) in [6.07, 6.45) is -1.92. The molecule has 2 unspecified atom stereocenters. The highest BCUT2D eigenvalue weighted by Gasteiger charge is 2.44. The fourth-order valence-corrected chi connectivity index (χ4v) is 5.27. The van der Waals surface area contributed by atoms with Gasteiger partial charge in [-0.15, -0.1) is 24.6 Å². The van der Waals surface area contributed by atoms with Gasteiger partial charge in [-0.3, -0.25) is 9.59 Å². The van der Waals surface area contributed by atoms with Crippen LogP contribution in [0.1, 0.15) is 6.42 Å². The molecule has 70 heavy (non-hydrogen) atoms. The van der Waals surface area contributed by atoms with E-state index in [9.17, 15) is 35.1 Å². The summed E-state index contributed by atoms with van der Waals surface area (Å²) in [7, 11) is 0. The van der Waals surface area contributed by atoms with Gasteiger partial charge in [0.05, 0.1) is 30.9 Å². The first kappa shape index (κ1) is 56.0. The molecule has 11 nitrogen and oxygen atoms in total. The first-order valence-corrected chi connectivity index (χ1v) is 20.6. The number of aliphatic hydroxyl groups excluding tert-OH is 5. The van der Waals surface area contributed by atoms with Crippen molar-refractivity contribution < 1.29 is 44.6 Å². The van der Waals surface area contributed by atoms with Crippen molar-refractivity contribution in [3.63, 3.8) is 0 Å². The number of carbonyl (C=O) groups excluding carboxylic acids is 2. The largest absolute Gasteiger partial charge is 0.388 e. The summed E-state index contributed by atoms with van der Waals surface area (Å²) in [5, 5.41) is 58.8. The molecule has 8 atom stereocenters. The van der Waals surface area contributed by atoms with E-state index in [0.717, 1.165) is 11.8 Å². The van der Waals surface area contributed by atoms with Gasteiger partial charge >= 0.3 is 0 Å². The Balaban J connectivity index is 2.09. The number of amides is 2. The molecule has 1 saturated heterocycles. The summed E-state index contributed by atoms with van der Waals surface area (Å²) in [5.74, 6) is 85.5. The molecule has 0 saturated carbocycles. The molecule has 0 aromatic heterocycles. The number of para-hydroxylation sites is 1. The van der Waals surface area contributed by atoms with Crippen LogP contribution in [-0.2, 0) is 19.1 Å². The number of thioether (sulfide) groups is 1. The first-order valence-electron chi connectivity index (χ1n) is 19.5. The van der Waals surface area contributed by atoms with Crippen LogP contribution in [0.25, 0.3) is 0 Å². The zero-order valence-corrected chi connectivity index (χ0v) is 37.1. The van der Waals surface area contributed by atoms with E-state index in [4.69, 9.17) is 22.3 Å². The molecular formula is C58H30N2O9S. The van der Waals surface area contributed by atoms with Crippen molar-refractivity contribution in [2.75, 3.05) is 23.4 Å². The van der Waals surface area contributed by atoms with Crippen molar-refractivity contribution in [1.82, 2.24) is 5.32 Å². The molecule has 0 aliphatic carbocycles. The van der Waals surface area contributed by atoms with E-state index in [2.05, 4.69) is 224 Å². The van der Waals surface area contributed by atoms with E-state index in [1.54, 1.807) is 30.3 Å². The van der Waals surface area contributed by atoms with E-state index in [-0.39, 0.29) is 17.4 Å². The number of anilines is 1. The lowest BCUT2D eigenvalue weighted by molar-refractivity contribution is -0.294. The second-order valence-electron chi connectivity index (χ2n) is 12.2. The van der Waals surface area contributed by atoms with E-state index in [0.29, 0.717) is 5.69 Å². The first-order chi connectivity index (χ1) is 34.2. The van der Waals surface area contributed by atoms with Crippen LogP contribution in [0.5, 0.6) is 0 Å². The van der Waals surface area contributed by atoms with Crippen LogP contribution in [0, 0.1) is 226 Å². The number of aliphatic hydroxyl groups is 5. The van der Waals surface area contributed by atoms with Crippen molar-refractivity contribution >= 4 is 29.3 Å².